The molecule has 2 aromatic rings. The fourth-order valence-corrected chi connectivity index (χ4v) is 5.61. The summed E-state index contributed by atoms with van der Waals surface area (Å²) in [5, 5.41) is 43.2. The number of ketones is 2. The van der Waals surface area contributed by atoms with E-state index in [9.17, 15) is 34.8 Å². The van der Waals surface area contributed by atoms with Crippen molar-refractivity contribution in [1.82, 2.24) is 4.98 Å². The van der Waals surface area contributed by atoms with Crippen LogP contribution < -0.4 is 5.73 Å². The topological polar surface area (TPSA) is 171 Å². The molecule has 5 rings (SSSR count). The summed E-state index contributed by atoms with van der Waals surface area (Å²) in [6, 6.07) is 8.20. The van der Waals surface area contributed by atoms with Gasteiger partial charge in [-0.2, -0.15) is 0 Å². The molecule has 1 fully saturated rings. The zero-order chi connectivity index (χ0) is 25.1. The summed E-state index contributed by atoms with van der Waals surface area (Å²) in [6.07, 6.45) is 0.341. The fourth-order valence-electron chi connectivity index (χ4n) is 5.61. The number of benzene rings is 1. The van der Waals surface area contributed by atoms with Gasteiger partial charge in [0.05, 0.1) is 11.7 Å². The van der Waals surface area contributed by atoms with Crippen molar-refractivity contribution in [3.8, 4) is 17.6 Å². The number of phenolic OH excluding ortho intramolecular Hbond substituents is 1. The number of aromatic hydroxyl groups is 1. The summed E-state index contributed by atoms with van der Waals surface area (Å²) < 4.78 is 0. The van der Waals surface area contributed by atoms with Crippen molar-refractivity contribution in [2.75, 3.05) is 0 Å². The Morgan fingerprint density at radius 2 is 1.89 bits per heavy atom. The van der Waals surface area contributed by atoms with Gasteiger partial charge in [-0.25, -0.2) is 4.98 Å². The number of hydrogen-bond acceptors (Lipinski definition) is 8. The maximum atomic E-state index is 13.5. The van der Waals surface area contributed by atoms with Gasteiger partial charge in [-0.15, -0.1) is 0 Å². The van der Waals surface area contributed by atoms with Crippen LogP contribution in [0.1, 0.15) is 40.0 Å². The number of nitrogens with zero attached hydrogens (tertiary/aromatic N) is 1. The second-order valence-corrected chi connectivity index (χ2v) is 9.19. The molecule has 0 aliphatic heterocycles. The smallest absolute Gasteiger partial charge is 0.230 e. The highest BCUT2D eigenvalue weighted by Gasteiger charge is 2.62. The lowest BCUT2D eigenvalue weighted by Crippen LogP contribution is -2.63. The van der Waals surface area contributed by atoms with Gasteiger partial charge in [0.15, 0.2) is 17.2 Å². The van der Waals surface area contributed by atoms with Gasteiger partial charge in [-0.3, -0.25) is 14.4 Å². The molecule has 3 aliphatic rings. The molecule has 0 saturated heterocycles. The van der Waals surface area contributed by atoms with Gasteiger partial charge in [-0.05, 0) is 60.9 Å². The number of phenols is 1. The molecule has 2 unspecified atom stereocenters. The lowest BCUT2D eigenvalue weighted by molar-refractivity contribution is -0.167. The van der Waals surface area contributed by atoms with Crippen LogP contribution in [-0.4, -0.2) is 54.6 Å². The number of aromatic nitrogens is 1. The minimum absolute atomic E-state index is 0.0626. The number of Topliss-reactive ketones (excluding diaryl/α,β-unsaturated/α-hetero) is 2. The van der Waals surface area contributed by atoms with E-state index in [4.69, 9.17) is 5.73 Å². The molecular formula is C26H22N2O7. The monoisotopic (exact) mass is 474 g/mol. The Hall–Kier alpha value is -4.00. The van der Waals surface area contributed by atoms with Gasteiger partial charge in [0.1, 0.15) is 23.1 Å². The molecule has 9 nitrogen and oxygen atoms in total. The van der Waals surface area contributed by atoms with E-state index in [0.29, 0.717) is 16.8 Å². The van der Waals surface area contributed by atoms with E-state index in [0.717, 1.165) is 0 Å². The number of aliphatic hydroxyl groups is 3. The number of allylic oxidation sites excluding steroid dienone is 1. The van der Waals surface area contributed by atoms with Crippen molar-refractivity contribution < 1.29 is 34.8 Å². The van der Waals surface area contributed by atoms with Crippen LogP contribution in [0.3, 0.4) is 0 Å². The maximum absolute atomic E-state index is 13.5. The van der Waals surface area contributed by atoms with Crippen LogP contribution in [0, 0.1) is 29.6 Å². The van der Waals surface area contributed by atoms with Crippen molar-refractivity contribution in [2.45, 2.75) is 31.0 Å². The molecule has 178 valence electrons. The highest BCUT2D eigenvalue weighted by atomic mass is 16.3. The summed E-state index contributed by atoms with van der Waals surface area (Å²) >= 11 is 0. The number of nitrogens with two attached hydrogens (primary N) is 1. The molecule has 1 saturated carbocycles. The molecule has 6 N–H and O–H groups in total. The van der Waals surface area contributed by atoms with Gasteiger partial charge in [0.2, 0.25) is 5.91 Å². The highest BCUT2D eigenvalue weighted by molar-refractivity contribution is 6.15. The third-order valence-electron chi connectivity index (χ3n) is 7.26. The fraction of sp³-hybridized carbons (Fsp3) is 0.308. The van der Waals surface area contributed by atoms with E-state index in [1.54, 1.807) is 30.5 Å². The first-order valence-corrected chi connectivity index (χ1v) is 11.1. The van der Waals surface area contributed by atoms with Crippen molar-refractivity contribution in [2.24, 2.45) is 23.5 Å². The van der Waals surface area contributed by atoms with Crippen molar-refractivity contribution in [1.29, 1.82) is 0 Å². The Labute approximate surface area is 199 Å². The first-order valence-electron chi connectivity index (χ1n) is 11.1. The number of aliphatic hydroxyl groups excluding tert-OH is 2. The lowest BCUT2D eigenvalue weighted by atomic mass is 9.57. The number of hydrogen-bond donors (Lipinski definition) is 5. The minimum atomic E-state index is -2.52. The quantitative estimate of drug-likeness (QED) is 0.294. The minimum Gasteiger partial charge on any atom is -0.508 e. The van der Waals surface area contributed by atoms with Gasteiger partial charge < -0.3 is 26.2 Å². The van der Waals surface area contributed by atoms with E-state index >= 15 is 0 Å². The summed E-state index contributed by atoms with van der Waals surface area (Å²) in [6.45, 7) is 0. The standard InChI is InChI=1S/C26H22N2O7/c27-25(34)21-18(30)11-14-9-13-10-16-12(4-6-15-3-1-2-8-28-15)5-7-17(29)20(16)22(31)19(13)23(32)26(14,35)24(21)33/h1-3,5,7-8,13-14,18,21,29-30,32,35H,9-11H2,(H2,27,34)/t13-,14+,18?,21?,26+/m1/s1. The molecule has 0 spiro atoms. The molecule has 3 aliphatic carbocycles. The normalized spacial score (nSPS) is 29.4. The number of carbonyl (C=O) groups excluding carboxylic acids is 3. The van der Waals surface area contributed by atoms with Gasteiger partial charge in [0.25, 0.3) is 0 Å². The van der Waals surface area contributed by atoms with Crippen molar-refractivity contribution >= 4 is 17.5 Å². The van der Waals surface area contributed by atoms with Gasteiger partial charge in [-0.1, -0.05) is 12.0 Å². The zero-order valence-electron chi connectivity index (χ0n) is 18.4. The van der Waals surface area contributed by atoms with E-state index in [1.165, 1.54) is 6.07 Å². The van der Waals surface area contributed by atoms with Crippen LogP contribution in [-0.2, 0) is 16.0 Å². The highest BCUT2D eigenvalue weighted by Crippen LogP contribution is 2.51. The Morgan fingerprint density at radius 3 is 2.57 bits per heavy atom. The van der Waals surface area contributed by atoms with Crippen LogP contribution in [0.4, 0.5) is 0 Å². The SMILES string of the molecule is NC(=O)C1C(=O)[C@@]2(O)C(O)=C3C(=O)c4c(O)ccc(C#Cc5ccccn5)c4C[C@H]3C[C@H]2CC1O. The zero-order valence-corrected chi connectivity index (χ0v) is 18.4. The molecule has 0 radical (unpaired) electrons. The second-order valence-electron chi connectivity index (χ2n) is 9.19. The average molecular weight is 474 g/mol. The van der Waals surface area contributed by atoms with Gasteiger partial charge in [0, 0.05) is 23.3 Å². The number of pyridine rings is 1. The van der Waals surface area contributed by atoms with E-state index in [2.05, 4.69) is 16.8 Å². The third-order valence-corrected chi connectivity index (χ3v) is 7.26. The summed E-state index contributed by atoms with van der Waals surface area (Å²) in [4.78, 5) is 42.5. The lowest BCUT2D eigenvalue weighted by Gasteiger charge is -2.48. The number of amides is 1. The summed E-state index contributed by atoms with van der Waals surface area (Å²) in [5.41, 5.74) is 4.00. The summed E-state index contributed by atoms with van der Waals surface area (Å²) in [7, 11) is 0. The Morgan fingerprint density at radius 1 is 1.11 bits per heavy atom. The Kier molecular flexibility index (Phi) is 5.24. The van der Waals surface area contributed by atoms with Crippen LogP contribution in [0.25, 0.3) is 0 Å². The Balaban J connectivity index is 1.62. The maximum Gasteiger partial charge on any atom is 0.230 e. The molecule has 1 aromatic heterocycles. The third kappa shape index (κ3) is 3.33. The molecule has 0 bridgehead atoms. The first kappa shape index (κ1) is 22.8. The van der Waals surface area contributed by atoms with Crippen LogP contribution >= 0.6 is 0 Å². The molecular weight excluding hydrogens is 452 g/mol. The van der Waals surface area contributed by atoms with Crippen LogP contribution in [0.5, 0.6) is 5.75 Å². The van der Waals surface area contributed by atoms with Crippen LogP contribution in [0.2, 0.25) is 0 Å². The predicted molar refractivity (Wildman–Crippen MR) is 121 cm³/mol. The molecule has 9 heteroatoms. The van der Waals surface area contributed by atoms with E-state index < -0.39 is 52.7 Å². The van der Waals surface area contributed by atoms with Gasteiger partial charge >= 0.3 is 0 Å². The van der Waals surface area contributed by atoms with E-state index in [1.807, 2.05) is 0 Å². The van der Waals surface area contributed by atoms with Crippen LogP contribution in [0.15, 0.2) is 47.9 Å². The molecule has 1 amide bonds. The molecule has 1 aromatic carbocycles. The Bertz CT molecular complexity index is 1370. The molecule has 1 heterocycles. The van der Waals surface area contributed by atoms with Crippen molar-refractivity contribution in [3.63, 3.8) is 0 Å². The number of primary amides is 1. The second kappa shape index (κ2) is 8.05. The van der Waals surface area contributed by atoms with Crippen molar-refractivity contribution in [3.05, 3.63) is 70.2 Å². The number of rotatable bonds is 1. The first-order chi connectivity index (χ1) is 16.6. The molecule has 5 atom stereocenters. The van der Waals surface area contributed by atoms with E-state index in [-0.39, 0.29) is 36.1 Å². The largest absolute Gasteiger partial charge is 0.508 e. The summed E-state index contributed by atoms with van der Waals surface area (Å²) in [5.74, 6) is -1.45. The average Bonchev–Trinajstić information content (AvgIpc) is 2.81. The predicted octanol–water partition coefficient (Wildman–Crippen LogP) is 0.540. The number of carbonyl (C=O) groups is 3. The molecule has 35 heavy (non-hydrogen) atoms. The number of fused-ring (bicyclic) bond motifs is 3.